The Kier molecular flexibility index (Phi) is 5.89. The van der Waals surface area contributed by atoms with Crippen LogP contribution in [0.1, 0.15) is 15.9 Å². The summed E-state index contributed by atoms with van der Waals surface area (Å²) in [5.74, 6) is 1.47. The molecule has 2 aromatic carbocycles. The molecule has 6 heteroatoms. The van der Waals surface area contributed by atoms with Crippen molar-refractivity contribution in [1.82, 2.24) is 0 Å². The monoisotopic (exact) mass is 331 g/mol. The van der Waals surface area contributed by atoms with Gasteiger partial charge in [0.1, 0.15) is 5.75 Å². The van der Waals surface area contributed by atoms with Crippen molar-refractivity contribution in [2.75, 3.05) is 33.8 Å². The summed E-state index contributed by atoms with van der Waals surface area (Å²) in [7, 11) is 6.10. The molecule has 1 N–H and O–H groups in total. The Hall–Kier alpha value is -2.89. The Bertz CT molecular complexity index is 715. The molecule has 0 saturated carbocycles. The Morgan fingerprint density at radius 1 is 0.917 bits per heavy atom. The van der Waals surface area contributed by atoms with Crippen LogP contribution in [-0.2, 0) is 11.3 Å². The zero-order valence-electron chi connectivity index (χ0n) is 14.2. The van der Waals surface area contributed by atoms with Gasteiger partial charge in [-0.25, -0.2) is 4.79 Å². The predicted molar refractivity (Wildman–Crippen MR) is 91.2 cm³/mol. The van der Waals surface area contributed by atoms with Crippen LogP contribution in [0.2, 0.25) is 0 Å². The lowest BCUT2D eigenvalue weighted by Crippen LogP contribution is -2.09. The Morgan fingerprint density at radius 2 is 1.54 bits per heavy atom. The first-order valence-corrected chi connectivity index (χ1v) is 7.34. The molecular weight excluding hydrogens is 310 g/mol. The molecule has 6 nitrogen and oxygen atoms in total. The van der Waals surface area contributed by atoms with Gasteiger partial charge in [0.05, 0.1) is 34.0 Å². The molecule has 0 amide bonds. The molecule has 128 valence electrons. The maximum Gasteiger partial charge on any atom is 0.339 e. The second kappa shape index (κ2) is 8.10. The van der Waals surface area contributed by atoms with E-state index in [-0.39, 0.29) is 0 Å². The summed E-state index contributed by atoms with van der Waals surface area (Å²) in [6.45, 7) is 0.442. The van der Waals surface area contributed by atoms with E-state index in [1.807, 2.05) is 18.2 Å². The average molecular weight is 331 g/mol. The van der Waals surface area contributed by atoms with Crippen molar-refractivity contribution in [3.63, 3.8) is 0 Å². The molecule has 0 radical (unpaired) electrons. The van der Waals surface area contributed by atoms with Crippen LogP contribution in [0.15, 0.2) is 36.4 Å². The lowest BCUT2D eigenvalue weighted by molar-refractivity contribution is 0.0602. The van der Waals surface area contributed by atoms with Crippen LogP contribution in [0.25, 0.3) is 0 Å². The minimum atomic E-state index is -0.391. The zero-order chi connectivity index (χ0) is 17.5. The molecule has 2 aromatic rings. The van der Waals surface area contributed by atoms with E-state index in [2.05, 4.69) is 5.32 Å². The van der Waals surface area contributed by atoms with Crippen molar-refractivity contribution in [1.29, 1.82) is 0 Å². The normalized spacial score (nSPS) is 10.0. The lowest BCUT2D eigenvalue weighted by Gasteiger charge is -2.16. The van der Waals surface area contributed by atoms with E-state index in [0.717, 1.165) is 5.56 Å². The van der Waals surface area contributed by atoms with Gasteiger partial charge in [-0.3, -0.25) is 0 Å². The van der Waals surface area contributed by atoms with Crippen LogP contribution < -0.4 is 19.5 Å². The summed E-state index contributed by atoms with van der Waals surface area (Å²) in [5, 5.41) is 3.23. The van der Waals surface area contributed by atoms with E-state index in [4.69, 9.17) is 18.9 Å². The fourth-order valence-corrected chi connectivity index (χ4v) is 2.35. The molecule has 0 unspecified atom stereocenters. The number of benzene rings is 2. The van der Waals surface area contributed by atoms with Crippen LogP contribution in [0, 0.1) is 0 Å². The van der Waals surface area contributed by atoms with Gasteiger partial charge < -0.3 is 24.3 Å². The van der Waals surface area contributed by atoms with Gasteiger partial charge in [0.25, 0.3) is 0 Å². The first kappa shape index (κ1) is 17.5. The average Bonchev–Trinajstić information content (AvgIpc) is 2.65. The second-order valence-corrected chi connectivity index (χ2v) is 4.91. The molecule has 2 rings (SSSR count). The van der Waals surface area contributed by atoms with Gasteiger partial charge in [-0.15, -0.1) is 0 Å². The van der Waals surface area contributed by atoms with Gasteiger partial charge in [-0.1, -0.05) is 12.1 Å². The van der Waals surface area contributed by atoms with E-state index < -0.39 is 5.97 Å². The van der Waals surface area contributed by atoms with Crippen molar-refractivity contribution in [3.05, 3.63) is 47.5 Å². The van der Waals surface area contributed by atoms with Crippen LogP contribution in [-0.4, -0.2) is 34.4 Å². The maximum absolute atomic E-state index is 11.8. The maximum atomic E-state index is 11.8. The minimum Gasteiger partial charge on any atom is -0.496 e. The molecule has 0 saturated heterocycles. The first-order chi connectivity index (χ1) is 11.6. The molecular formula is C18H21NO5. The van der Waals surface area contributed by atoms with E-state index in [0.29, 0.717) is 35.0 Å². The molecule has 0 aliphatic rings. The predicted octanol–water partition coefficient (Wildman–Crippen LogP) is 3.11. The summed E-state index contributed by atoms with van der Waals surface area (Å²) >= 11 is 0. The number of hydrogen-bond acceptors (Lipinski definition) is 6. The summed E-state index contributed by atoms with van der Waals surface area (Å²) < 4.78 is 20.8. The van der Waals surface area contributed by atoms with Gasteiger partial charge in [0.2, 0.25) is 0 Å². The van der Waals surface area contributed by atoms with Gasteiger partial charge in [-0.2, -0.15) is 0 Å². The highest BCUT2D eigenvalue weighted by Crippen LogP contribution is 2.35. The van der Waals surface area contributed by atoms with Crippen LogP contribution >= 0.6 is 0 Å². The standard InChI is InChI=1S/C18H21NO5/c1-21-15-10-17(23-3)16(22-2)9-12(15)11-19-14-8-6-5-7-13(14)18(20)24-4/h5-10,19H,11H2,1-4H3. The summed E-state index contributed by atoms with van der Waals surface area (Å²) in [4.78, 5) is 11.8. The van der Waals surface area contributed by atoms with Crippen LogP contribution in [0.4, 0.5) is 5.69 Å². The third-order valence-corrected chi connectivity index (χ3v) is 3.59. The van der Waals surface area contributed by atoms with Gasteiger partial charge >= 0.3 is 5.97 Å². The SMILES string of the molecule is COC(=O)c1ccccc1NCc1cc(OC)c(OC)cc1OC. The number of methoxy groups -OCH3 is 4. The highest BCUT2D eigenvalue weighted by molar-refractivity contribution is 5.95. The highest BCUT2D eigenvalue weighted by atomic mass is 16.5. The van der Waals surface area contributed by atoms with Gasteiger partial charge in [-0.05, 0) is 18.2 Å². The molecule has 0 bridgehead atoms. The quantitative estimate of drug-likeness (QED) is 0.787. The second-order valence-electron chi connectivity index (χ2n) is 4.91. The summed E-state index contributed by atoms with van der Waals surface area (Å²) in [5.41, 5.74) is 2.02. The van der Waals surface area contributed by atoms with Crippen molar-refractivity contribution < 1.29 is 23.7 Å². The third kappa shape index (κ3) is 3.71. The fourth-order valence-electron chi connectivity index (χ4n) is 2.35. The number of esters is 1. The molecule has 24 heavy (non-hydrogen) atoms. The van der Waals surface area contributed by atoms with E-state index in [9.17, 15) is 4.79 Å². The number of carbonyl (C=O) groups is 1. The summed E-state index contributed by atoms with van der Waals surface area (Å²) in [6.07, 6.45) is 0. The van der Waals surface area contributed by atoms with Crippen LogP contribution in [0.5, 0.6) is 17.2 Å². The van der Waals surface area contributed by atoms with Crippen molar-refractivity contribution in [3.8, 4) is 17.2 Å². The van der Waals surface area contributed by atoms with Crippen molar-refractivity contribution in [2.24, 2.45) is 0 Å². The highest BCUT2D eigenvalue weighted by Gasteiger charge is 2.14. The van der Waals surface area contributed by atoms with Crippen molar-refractivity contribution in [2.45, 2.75) is 6.54 Å². The number of para-hydroxylation sites is 1. The van der Waals surface area contributed by atoms with Gasteiger partial charge in [0, 0.05) is 23.9 Å². The lowest BCUT2D eigenvalue weighted by atomic mass is 10.1. The smallest absolute Gasteiger partial charge is 0.339 e. The molecule has 0 fully saturated rings. The number of nitrogens with one attached hydrogen (secondary N) is 1. The number of rotatable bonds is 7. The number of anilines is 1. The molecule has 0 spiro atoms. The molecule has 0 atom stereocenters. The van der Waals surface area contributed by atoms with Crippen molar-refractivity contribution >= 4 is 11.7 Å². The zero-order valence-corrected chi connectivity index (χ0v) is 14.2. The number of carbonyl (C=O) groups excluding carboxylic acids is 1. The van der Waals surface area contributed by atoms with E-state index >= 15 is 0 Å². The Labute approximate surface area is 141 Å². The van der Waals surface area contributed by atoms with E-state index in [1.54, 1.807) is 39.5 Å². The topological polar surface area (TPSA) is 66.0 Å². The molecule has 0 aliphatic carbocycles. The molecule has 0 heterocycles. The Morgan fingerprint density at radius 3 is 2.17 bits per heavy atom. The number of hydrogen-bond donors (Lipinski definition) is 1. The Balaban J connectivity index is 2.28. The molecule has 0 aliphatic heterocycles. The van der Waals surface area contributed by atoms with E-state index in [1.165, 1.54) is 7.11 Å². The largest absolute Gasteiger partial charge is 0.496 e. The molecule has 0 aromatic heterocycles. The first-order valence-electron chi connectivity index (χ1n) is 7.34. The third-order valence-electron chi connectivity index (χ3n) is 3.59. The fraction of sp³-hybridized carbons (Fsp3) is 0.278. The van der Waals surface area contributed by atoms with Crippen LogP contribution in [0.3, 0.4) is 0 Å². The number of ether oxygens (including phenoxy) is 4. The summed E-state index contributed by atoms with van der Waals surface area (Å²) in [6, 6.07) is 10.8. The van der Waals surface area contributed by atoms with Gasteiger partial charge in [0.15, 0.2) is 11.5 Å². The minimum absolute atomic E-state index is 0.391.